The molecule has 0 N–H and O–H groups in total. The van der Waals surface area contributed by atoms with Gasteiger partial charge in [-0.15, -0.1) is 0 Å². The number of allylic oxidation sites excluding steroid dienone is 4. The van der Waals surface area contributed by atoms with Gasteiger partial charge in [0.1, 0.15) is 11.2 Å². The van der Waals surface area contributed by atoms with E-state index in [2.05, 4.69) is 165 Å². The van der Waals surface area contributed by atoms with Gasteiger partial charge in [0.15, 0.2) is 0 Å². The third-order valence-electron chi connectivity index (χ3n) is 9.77. The van der Waals surface area contributed by atoms with Crippen LogP contribution in [0, 0.1) is 6.92 Å². The fourth-order valence-electron chi connectivity index (χ4n) is 7.33. The van der Waals surface area contributed by atoms with Crippen molar-refractivity contribution >= 4 is 66.4 Å². The first-order valence-electron chi connectivity index (χ1n) is 17.5. The maximum Gasteiger partial charge on any atom is 0.143 e. The van der Waals surface area contributed by atoms with Gasteiger partial charge < -0.3 is 4.42 Å². The summed E-state index contributed by atoms with van der Waals surface area (Å²) in [7, 11) is 0. The largest absolute Gasteiger partial charge is 0.455 e. The number of rotatable bonds is 5. The van der Waals surface area contributed by atoms with E-state index < -0.39 is 0 Å². The van der Waals surface area contributed by atoms with E-state index in [9.17, 15) is 0 Å². The molecule has 0 spiro atoms. The Morgan fingerprint density at radius 1 is 0.529 bits per heavy atom. The lowest BCUT2D eigenvalue weighted by Gasteiger charge is -2.14. The van der Waals surface area contributed by atoms with Gasteiger partial charge in [-0.1, -0.05) is 183 Å². The minimum absolute atomic E-state index is 0.923. The van der Waals surface area contributed by atoms with Gasteiger partial charge in [0.05, 0.1) is 0 Å². The van der Waals surface area contributed by atoms with E-state index in [1.54, 1.807) is 6.08 Å². The Bertz CT molecular complexity index is 2820. The van der Waals surface area contributed by atoms with Gasteiger partial charge in [0, 0.05) is 16.3 Å². The molecule has 0 amide bonds. The van der Waals surface area contributed by atoms with E-state index in [1.165, 1.54) is 59.8 Å². The van der Waals surface area contributed by atoms with Gasteiger partial charge in [-0.3, -0.25) is 0 Å². The van der Waals surface area contributed by atoms with Gasteiger partial charge in [-0.2, -0.15) is 0 Å². The number of fused-ring (bicyclic) bond motifs is 4. The lowest BCUT2D eigenvalue weighted by Crippen LogP contribution is -2.04. The molecule has 51 heavy (non-hydrogen) atoms. The van der Waals surface area contributed by atoms with Crippen LogP contribution in [0.2, 0.25) is 0 Å². The Balaban J connectivity index is 0.000000702. The van der Waals surface area contributed by atoms with Crippen LogP contribution in [0.25, 0.3) is 88.7 Å². The fourth-order valence-corrected chi connectivity index (χ4v) is 7.33. The molecule has 0 unspecified atom stereocenters. The Labute approximate surface area is 298 Å². The molecular formula is C50H38O. The standard InChI is InChI=1S/C45H30O.C5H8/c1-29-19-20-35-25-27-37(32-21-23-33(24-22-32)38-16-8-17-41-39-15-4-5-18-42(39)46-45(38)41)40-28-26-34(43(29)44(35)40)13-7-12-31-11-6-10-30-9-2-3-14-36(30)31;1-3-5-4-2/h2-28H,1H3;3-5H,1H2,2H3/b12-7+,34-13-;5-4-. The summed E-state index contributed by atoms with van der Waals surface area (Å²) in [5.41, 5.74) is 9.10. The van der Waals surface area contributed by atoms with Crippen LogP contribution in [0.1, 0.15) is 18.1 Å². The van der Waals surface area contributed by atoms with Crippen LogP contribution in [0.4, 0.5) is 0 Å². The second-order valence-electron chi connectivity index (χ2n) is 12.9. The smallest absolute Gasteiger partial charge is 0.143 e. The van der Waals surface area contributed by atoms with E-state index in [4.69, 9.17) is 4.42 Å². The highest BCUT2D eigenvalue weighted by Gasteiger charge is 2.14. The minimum Gasteiger partial charge on any atom is -0.455 e. The number of benzene rings is 8. The van der Waals surface area contributed by atoms with E-state index in [0.29, 0.717) is 0 Å². The van der Waals surface area contributed by atoms with E-state index in [0.717, 1.165) is 33.1 Å². The first-order valence-corrected chi connectivity index (χ1v) is 17.5. The van der Waals surface area contributed by atoms with Crippen LogP contribution in [0.3, 0.4) is 0 Å². The molecule has 0 aliphatic rings. The molecule has 1 heteroatoms. The highest BCUT2D eigenvalue weighted by atomic mass is 16.3. The highest BCUT2D eigenvalue weighted by molar-refractivity contribution is 6.16. The zero-order chi connectivity index (χ0) is 34.7. The van der Waals surface area contributed by atoms with Gasteiger partial charge in [0.25, 0.3) is 0 Å². The van der Waals surface area contributed by atoms with Crippen molar-refractivity contribution in [3.05, 3.63) is 193 Å². The third-order valence-corrected chi connectivity index (χ3v) is 9.77. The summed E-state index contributed by atoms with van der Waals surface area (Å²) in [6, 6.07) is 52.3. The van der Waals surface area contributed by atoms with E-state index >= 15 is 0 Å². The van der Waals surface area contributed by atoms with Crippen molar-refractivity contribution in [3.8, 4) is 22.3 Å². The molecule has 1 nitrogen and oxygen atoms in total. The average molecular weight is 655 g/mol. The quantitative estimate of drug-likeness (QED) is 0.168. The molecule has 0 aliphatic carbocycles. The molecule has 0 fully saturated rings. The monoisotopic (exact) mass is 654 g/mol. The van der Waals surface area contributed by atoms with Crippen molar-refractivity contribution in [2.45, 2.75) is 13.8 Å². The van der Waals surface area contributed by atoms with Crippen LogP contribution in [0.5, 0.6) is 0 Å². The Morgan fingerprint density at radius 2 is 1.24 bits per heavy atom. The number of hydrogen-bond acceptors (Lipinski definition) is 1. The van der Waals surface area contributed by atoms with Crippen molar-refractivity contribution in [2.24, 2.45) is 0 Å². The van der Waals surface area contributed by atoms with Crippen molar-refractivity contribution in [3.63, 3.8) is 0 Å². The molecule has 0 saturated heterocycles. The van der Waals surface area contributed by atoms with Crippen molar-refractivity contribution in [2.75, 3.05) is 0 Å². The van der Waals surface area contributed by atoms with Crippen LogP contribution >= 0.6 is 0 Å². The molecule has 0 bridgehead atoms. The van der Waals surface area contributed by atoms with E-state index in [-0.39, 0.29) is 0 Å². The maximum absolute atomic E-state index is 6.33. The Morgan fingerprint density at radius 3 is 2.04 bits per heavy atom. The Kier molecular flexibility index (Phi) is 8.62. The first-order chi connectivity index (χ1) is 25.1. The van der Waals surface area contributed by atoms with Gasteiger partial charge in [-0.25, -0.2) is 0 Å². The van der Waals surface area contributed by atoms with Crippen molar-refractivity contribution in [1.29, 1.82) is 0 Å². The molecule has 0 saturated carbocycles. The molecule has 0 radical (unpaired) electrons. The second kappa shape index (κ2) is 13.8. The summed E-state index contributed by atoms with van der Waals surface area (Å²) in [5, 5.41) is 11.2. The van der Waals surface area contributed by atoms with Gasteiger partial charge in [0.2, 0.25) is 0 Å². The normalized spacial score (nSPS) is 12.2. The molecule has 244 valence electrons. The molecule has 0 aliphatic heterocycles. The molecule has 8 aromatic carbocycles. The molecule has 9 aromatic rings. The minimum atomic E-state index is 0.923. The highest BCUT2D eigenvalue weighted by Crippen LogP contribution is 2.38. The third kappa shape index (κ3) is 5.94. The predicted octanol–water partition coefficient (Wildman–Crippen LogP) is 13.6. The van der Waals surface area contributed by atoms with Crippen molar-refractivity contribution in [1.82, 2.24) is 0 Å². The number of hydrogen-bond donors (Lipinski definition) is 0. The molecular weight excluding hydrogens is 617 g/mol. The SMILES string of the molecule is C=C/C=C\C.Cc1ccc2ccc(-c3ccc(-c4cccc5c4oc4ccccc45)cc3)c3cc/c(=C/C=C/c4cccc5ccccc45)c1c23. The lowest BCUT2D eigenvalue weighted by atomic mass is 9.90. The summed E-state index contributed by atoms with van der Waals surface area (Å²) in [5.74, 6) is 0. The number of furan rings is 1. The summed E-state index contributed by atoms with van der Waals surface area (Å²) in [4.78, 5) is 0. The van der Waals surface area contributed by atoms with Crippen LogP contribution in [0.15, 0.2) is 181 Å². The predicted molar refractivity (Wildman–Crippen MR) is 222 cm³/mol. The molecule has 0 atom stereocenters. The number of para-hydroxylation sites is 2. The van der Waals surface area contributed by atoms with Crippen molar-refractivity contribution < 1.29 is 4.42 Å². The zero-order valence-electron chi connectivity index (χ0n) is 28.9. The van der Waals surface area contributed by atoms with Gasteiger partial charge >= 0.3 is 0 Å². The molecule has 1 heterocycles. The lowest BCUT2D eigenvalue weighted by molar-refractivity contribution is 0.670. The second-order valence-corrected chi connectivity index (χ2v) is 12.9. The van der Waals surface area contributed by atoms with Crippen LogP contribution in [-0.4, -0.2) is 0 Å². The van der Waals surface area contributed by atoms with E-state index in [1.807, 2.05) is 31.2 Å². The topological polar surface area (TPSA) is 13.1 Å². The fraction of sp³-hybridized carbons (Fsp3) is 0.0400. The zero-order valence-corrected chi connectivity index (χ0v) is 28.9. The summed E-state index contributed by atoms with van der Waals surface area (Å²) in [6.45, 7) is 7.65. The average Bonchev–Trinajstić information content (AvgIpc) is 3.56. The maximum atomic E-state index is 6.33. The molecule has 9 rings (SSSR count). The van der Waals surface area contributed by atoms with Gasteiger partial charge in [-0.05, 0) is 85.3 Å². The summed E-state index contributed by atoms with van der Waals surface area (Å²) in [6.07, 6.45) is 12.2. The summed E-state index contributed by atoms with van der Waals surface area (Å²) >= 11 is 0. The first kappa shape index (κ1) is 31.8. The molecule has 1 aromatic heterocycles. The van der Waals surface area contributed by atoms with Crippen LogP contribution in [-0.2, 0) is 0 Å². The summed E-state index contributed by atoms with van der Waals surface area (Å²) < 4.78 is 6.33. The number of aryl methyl sites for hydroxylation is 1. The Hall–Kier alpha value is -6.44. The van der Waals surface area contributed by atoms with Crippen LogP contribution < -0.4 is 5.22 Å².